The fourth-order valence-electron chi connectivity index (χ4n) is 3.87. The summed E-state index contributed by atoms with van der Waals surface area (Å²) >= 11 is 0. The molecule has 3 rings (SSSR count). The van der Waals surface area contributed by atoms with Crippen LogP contribution in [-0.2, 0) is 4.79 Å². The van der Waals surface area contributed by atoms with E-state index in [0.717, 1.165) is 17.9 Å². The molecule has 0 bridgehead atoms. The summed E-state index contributed by atoms with van der Waals surface area (Å²) < 4.78 is 5.70. The lowest BCUT2D eigenvalue weighted by molar-refractivity contribution is -0.118. The highest BCUT2D eigenvalue weighted by atomic mass is 16.5. The van der Waals surface area contributed by atoms with Crippen molar-refractivity contribution < 1.29 is 9.53 Å². The van der Waals surface area contributed by atoms with E-state index in [-0.39, 0.29) is 12.5 Å². The fraction of sp³-hybridized carbons (Fsp3) is 0.458. The van der Waals surface area contributed by atoms with Gasteiger partial charge in [0.1, 0.15) is 5.75 Å². The van der Waals surface area contributed by atoms with Crippen LogP contribution in [0.2, 0.25) is 0 Å². The third-order valence-corrected chi connectivity index (χ3v) is 5.70. The van der Waals surface area contributed by atoms with Crippen molar-refractivity contribution in [2.45, 2.75) is 64.2 Å². The topological polar surface area (TPSA) is 38.3 Å². The standard InChI is InChI=1S/C24H31NO2/c1-3-18(2)22-11-7-8-12-23(22)25-24(26)17-27-21-15-13-20(14-16-21)19-9-5-4-6-10-19/h7-8,11-16,18-19H,3-6,9-10,17H2,1-2H3,(H,25,26)/t18-/m0/s1. The van der Waals surface area contributed by atoms with E-state index in [1.807, 2.05) is 30.3 Å². The van der Waals surface area contributed by atoms with Gasteiger partial charge in [-0.15, -0.1) is 0 Å². The van der Waals surface area contributed by atoms with Gasteiger partial charge in [0, 0.05) is 5.69 Å². The van der Waals surface area contributed by atoms with Gasteiger partial charge < -0.3 is 10.1 Å². The molecule has 1 saturated carbocycles. The number of hydrogen-bond donors (Lipinski definition) is 1. The molecule has 3 heteroatoms. The van der Waals surface area contributed by atoms with Crippen molar-refractivity contribution in [2.24, 2.45) is 0 Å². The zero-order chi connectivity index (χ0) is 19.1. The highest BCUT2D eigenvalue weighted by Crippen LogP contribution is 2.33. The first-order valence-corrected chi connectivity index (χ1v) is 10.3. The first kappa shape index (κ1) is 19.5. The Hall–Kier alpha value is -2.29. The molecule has 1 fully saturated rings. The molecule has 144 valence electrons. The number of amides is 1. The van der Waals surface area contributed by atoms with Crippen molar-refractivity contribution in [3.8, 4) is 5.75 Å². The van der Waals surface area contributed by atoms with E-state index in [0.29, 0.717) is 11.8 Å². The van der Waals surface area contributed by atoms with Crippen molar-refractivity contribution in [1.29, 1.82) is 0 Å². The molecule has 0 unspecified atom stereocenters. The highest BCUT2D eigenvalue weighted by Gasteiger charge is 2.15. The number of benzene rings is 2. The van der Waals surface area contributed by atoms with Gasteiger partial charge in [-0.3, -0.25) is 4.79 Å². The fourth-order valence-corrected chi connectivity index (χ4v) is 3.87. The second-order valence-corrected chi connectivity index (χ2v) is 7.64. The van der Waals surface area contributed by atoms with Gasteiger partial charge in [-0.1, -0.05) is 63.4 Å². The van der Waals surface area contributed by atoms with Crippen LogP contribution in [-0.4, -0.2) is 12.5 Å². The number of anilines is 1. The Labute approximate surface area is 163 Å². The molecule has 1 N–H and O–H groups in total. The van der Waals surface area contributed by atoms with Gasteiger partial charge >= 0.3 is 0 Å². The van der Waals surface area contributed by atoms with E-state index in [1.165, 1.54) is 43.2 Å². The van der Waals surface area contributed by atoms with Gasteiger partial charge in [-0.2, -0.15) is 0 Å². The zero-order valence-corrected chi connectivity index (χ0v) is 16.5. The molecule has 1 aliphatic rings. The van der Waals surface area contributed by atoms with Gasteiger partial charge in [0.2, 0.25) is 0 Å². The van der Waals surface area contributed by atoms with Crippen LogP contribution in [0.25, 0.3) is 0 Å². The average molecular weight is 366 g/mol. The van der Waals surface area contributed by atoms with Gasteiger partial charge in [-0.25, -0.2) is 0 Å². The van der Waals surface area contributed by atoms with Crippen molar-refractivity contribution >= 4 is 11.6 Å². The number of carbonyl (C=O) groups excluding carboxylic acids is 1. The van der Waals surface area contributed by atoms with Gasteiger partial charge in [0.05, 0.1) is 0 Å². The van der Waals surface area contributed by atoms with Crippen LogP contribution in [0.3, 0.4) is 0 Å². The minimum absolute atomic E-state index is 0.0254. The number of nitrogens with one attached hydrogen (secondary N) is 1. The van der Waals surface area contributed by atoms with Gasteiger partial charge in [-0.05, 0) is 60.4 Å². The van der Waals surface area contributed by atoms with Crippen molar-refractivity contribution in [3.63, 3.8) is 0 Å². The predicted octanol–water partition coefficient (Wildman–Crippen LogP) is 6.27. The van der Waals surface area contributed by atoms with Crippen molar-refractivity contribution in [3.05, 3.63) is 59.7 Å². The lowest BCUT2D eigenvalue weighted by Crippen LogP contribution is -2.21. The monoisotopic (exact) mass is 365 g/mol. The molecule has 0 aliphatic heterocycles. The van der Waals surface area contributed by atoms with Crippen LogP contribution in [0, 0.1) is 0 Å². The highest BCUT2D eigenvalue weighted by molar-refractivity contribution is 5.92. The quantitative estimate of drug-likeness (QED) is 0.628. The Morgan fingerprint density at radius 2 is 1.78 bits per heavy atom. The molecule has 0 saturated heterocycles. The molecular weight excluding hydrogens is 334 g/mol. The second kappa shape index (κ2) is 9.59. The first-order chi connectivity index (χ1) is 13.2. The maximum Gasteiger partial charge on any atom is 0.262 e. The molecule has 27 heavy (non-hydrogen) atoms. The van der Waals surface area contributed by atoms with E-state index in [1.54, 1.807) is 0 Å². The summed E-state index contributed by atoms with van der Waals surface area (Å²) in [6.45, 7) is 4.36. The Morgan fingerprint density at radius 1 is 1.07 bits per heavy atom. The summed E-state index contributed by atoms with van der Waals surface area (Å²) in [6, 6.07) is 16.3. The van der Waals surface area contributed by atoms with E-state index >= 15 is 0 Å². The van der Waals surface area contributed by atoms with Crippen LogP contribution >= 0.6 is 0 Å². The third kappa shape index (κ3) is 5.35. The number of ether oxygens (including phenoxy) is 1. The van der Waals surface area contributed by atoms with Crippen LogP contribution < -0.4 is 10.1 Å². The average Bonchev–Trinajstić information content (AvgIpc) is 2.73. The smallest absolute Gasteiger partial charge is 0.262 e. The molecule has 0 heterocycles. The Balaban J connectivity index is 1.53. The summed E-state index contributed by atoms with van der Waals surface area (Å²) in [4.78, 5) is 12.3. The number of para-hydroxylation sites is 1. The van der Waals surface area contributed by atoms with E-state index in [2.05, 4.69) is 37.4 Å². The maximum absolute atomic E-state index is 12.3. The molecule has 3 nitrogen and oxygen atoms in total. The molecule has 2 aromatic rings. The minimum atomic E-state index is -0.123. The Morgan fingerprint density at radius 3 is 2.48 bits per heavy atom. The molecule has 1 aliphatic carbocycles. The SMILES string of the molecule is CC[C@H](C)c1ccccc1NC(=O)COc1ccc(C2CCCCC2)cc1. The molecule has 1 amide bonds. The first-order valence-electron chi connectivity index (χ1n) is 10.3. The molecule has 1 atom stereocenters. The van der Waals surface area contributed by atoms with E-state index < -0.39 is 0 Å². The second-order valence-electron chi connectivity index (χ2n) is 7.64. The van der Waals surface area contributed by atoms with Crippen molar-refractivity contribution in [1.82, 2.24) is 0 Å². The Kier molecular flexibility index (Phi) is 6.92. The largest absolute Gasteiger partial charge is 0.484 e. The zero-order valence-electron chi connectivity index (χ0n) is 16.5. The number of rotatable bonds is 7. The Bertz CT molecular complexity index is 732. The van der Waals surface area contributed by atoms with E-state index in [4.69, 9.17) is 4.74 Å². The molecule has 0 aromatic heterocycles. The summed E-state index contributed by atoms with van der Waals surface area (Å²) in [5.74, 6) is 1.73. The lowest BCUT2D eigenvalue weighted by atomic mass is 9.84. The van der Waals surface area contributed by atoms with Crippen LogP contribution in [0.4, 0.5) is 5.69 Å². The summed E-state index contributed by atoms with van der Waals surface area (Å²) in [5.41, 5.74) is 3.45. The normalized spacial score (nSPS) is 15.9. The predicted molar refractivity (Wildman–Crippen MR) is 112 cm³/mol. The van der Waals surface area contributed by atoms with Gasteiger partial charge in [0.25, 0.3) is 5.91 Å². The summed E-state index contributed by atoms with van der Waals surface area (Å²) in [5, 5.41) is 3.00. The molecule has 2 aromatic carbocycles. The lowest BCUT2D eigenvalue weighted by Gasteiger charge is -2.22. The maximum atomic E-state index is 12.3. The summed E-state index contributed by atoms with van der Waals surface area (Å²) in [6.07, 6.45) is 7.66. The minimum Gasteiger partial charge on any atom is -0.484 e. The van der Waals surface area contributed by atoms with Gasteiger partial charge in [0.15, 0.2) is 6.61 Å². The number of hydrogen-bond acceptors (Lipinski definition) is 2. The number of carbonyl (C=O) groups is 1. The van der Waals surface area contributed by atoms with Crippen LogP contribution in [0.1, 0.15) is 75.3 Å². The molecule has 0 spiro atoms. The molecular formula is C24H31NO2. The van der Waals surface area contributed by atoms with Crippen LogP contribution in [0.5, 0.6) is 5.75 Å². The third-order valence-electron chi connectivity index (χ3n) is 5.70. The summed E-state index contributed by atoms with van der Waals surface area (Å²) in [7, 11) is 0. The molecule has 0 radical (unpaired) electrons. The van der Waals surface area contributed by atoms with Crippen LogP contribution in [0.15, 0.2) is 48.5 Å². The van der Waals surface area contributed by atoms with Crippen molar-refractivity contribution in [2.75, 3.05) is 11.9 Å². The van der Waals surface area contributed by atoms with E-state index in [9.17, 15) is 4.79 Å².